The van der Waals surface area contributed by atoms with Gasteiger partial charge in [0.2, 0.25) is 0 Å². The van der Waals surface area contributed by atoms with Crippen LogP contribution in [-0.2, 0) is 13.5 Å². The van der Waals surface area contributed by atoms with E-state index in [0.717, 1.165) is 24.2 Å². The molecule has 0 aliphatic rings. The van der Waals surface area contributed by atoms with Gasteiger partial charge < -0.3 is 0 Å². The molecule has 0 radical (unpaired) electrons. The van der Waals surface area contributed by atoms with E-state index in [2.05, 4.69) is 36.3 Å². The largest absolute Gasteiger partial charge is 0.248 e. The average Bonchev–Trinajstić information content (AvgIpc) is 2.72. The van der Waals surface area contributed by atoms with Crippen molar-refractivity contribution in [2.75, 3.05) is 0 Å². The molecule has 1 rings (SSSR count). The average molecular weight is 225 g/mol. The second kappa shape index (κ2) is 12.0. The van der Waals surface area contributed by atoms with Gasteiger partial charge in [0.25, 0.3) is 0 Å². The van der Waals surface area contributed by atoms with Crippen molar-refractivity contribution in [3.8, 4) is 0 Å². The Hall–Kier alpha value is -1.12. The van der Waals surface area contributed by atoms with Crippen LogP contribution >= 0.6 is 0 Å². The first-order valence-corrected chi connectivity index (χ1v) is 6.34. The predicted molar refractivity (Wildman–Crippen MR) is 72.4 cm³/mol. The van der Waals surface area contributed by atoms with Gasteiger partial charge in [-0.1, -0.05) is 52.8 Å². The van der Waals surface area contributed by atoms with Crippen molar-refractivity contribution in [2.24, 2.45) is 7.05 Å². The SMILES string of the molecule is CC.CC.CC/C=C\c1c(CC)nnn1C. The summed E-state index contributed by atoms with van der Waals surface area (Å²) in [5, 5.41) is 8.00. The zero-order valence-electron chi connectivity index (χ0n) is 11.9. The molecular weight excluding hydrogens is 198 g/mol. The Balaban J connectivity index is 0. The minimum Gasteiger partial charge on any atom is -0.248 e. The van der Waals surface area contributed by atoms with Gasteiger partial charge in [0, 0.05) is 7.05 Å². The highest BCUT2D eigenvalue weighted by molar-refractivity contribution is 5.47. The van der Waals surface area contributed by atoms with Crippen LogP contribution in [0.2, 0.25) is 0 Å². The third-order valence-electron chi connectivity index (χ3n) is 1.79. The van der Waals surface area contributed by atoms with Gasteiger partial charge in [0.05, 0.1) is 11.4 Å². The van der Waals surface area contributed by atoms with Gasteiger partial charge in [-0.05, 0) is 18.9 Å². The van der Waals surface area contributed by atoms with E-state index in [4.69, 9.17) is 0 Å². The molecule has 0 saturated heterocycles. The summed E-state index contributed by atoms with van der Waals surface area (Å²) in [6, 6.07) is 0. The summed E-state index contributed by atoms with van der Waals surface area (Å²) < 4.78 is 1.81. The molecule has 3 nitrogen and oxygen atoms in total. The Morgan fingerprint density at radius 3 is 2.12 bits per heavy atom. The van der Waals surface area contributed by atoms with Crippen LogP contribution in [0.4, 0.5) is 0 Å². The van der Waals surface area contributed by atoms with Gasteiger partial charge in [-0.25, -0.2) is 4.68 Å². The number of rotatable bonds is 3. The highest BCUT2D eigenvalue weighted by Crippen LogP contribution is 2.07. The molecule has 0 N–H and O–H groups in total. The van der Waals surface area contributed by atoms with E-state index >= 15 is 0 Å². The highest BCUT2D eigenvalue weighted by Gasteiger charge is 2.03. The standard InChI is InChI=1S/C9H15N3.2C2H6/c1-4-6-7-9-8(5-2)10-11-12(9)3;2*1-2/h6-7H,4-5H2,1-3H3;2*1-2H3/b7-6-;;. The summed E-state index contributed by atoms with van der Waals surface area (Å²) in [5.74, 6) is 0. The Morgan fingerprint density at radius 2 is 1.69 bits per heavy atom. The smallest absolute Gasteiger partial charge is 0.0897 e. The lowest BCUT2D eigenvalue weighted by molar-refractivity contribution is 0.708. The minimum absolute atomic E-state index is 0.942. The molecule has 94 valence electrons. The molecule has 16 heavy (non-hydrogen) atoms. The Labute approximate surface area is 101 Å². The maximum atomic E-state index is 4.05. The summed E-state index contributed by atoms with van der Waals surface area (Å²) >= 11 is 0. The first kappa shape index (κ1) is 17.3. The number of allylic oxidation sites excluding steroid dienone is 1. The number of hydrogen-bond acceptors (Lipinski definition) is 2. The second-order valence-electron chi connectivity index (χ2n) is 2.71. The molecule has 3 heteroatoms. The van der Waals surface area contributed by atoms with Crippen LogP contribution in [0.3, 0.4) is 0 Å². The van der Waals surface area contributed by atoms with Crippen LogP contribution in [0.25, 0.3) is 6.08 Å². The maximum Gasteiger partial charge on any atom is 0.0897 e. The molecule has 0 unspecified atom stereocenters. The lowest BCUT2D eigenvalue weighted by atomic mass is 10.2. The van der Waals surface area contributed by atoms with Gasteiger partial charge in [-0.2, -0.15) is 0 Å². The first-order chi connectivity index (χ1) is 7.79. The van der Waals surface area contributed by atoms with Crippen molar-refractivity contribution in [2.45, 2.75) is 54.4 Å². The number of hydrogen-bond donors (Lipinski definition) is 0. The third kappa shape index (κ3) is 5.69. The quantitative estimate of drug-likeness (QED) is 0.782. The molecule has 0 aliphatic carbocycles. The molecule has 0 atom stereocenters. The van der Waals surface area contributed by atoms with Crippen molar-refractivity contribution in [1.29, 1.82) is 0 Å². The number of aryl methyl sites for hydroxylation is 2. The molecule has 0 fully saturated rings. The summed E-state index contributed by atoms with van der Waals surface area (Å²) in [6.07, 6.45) is 6.20. The van der Waals surface area contributed by atoms with Crippen LogP contribution in [0.5, 0.6) is 0 Å². The van der Waals surface area contributed by atoms with Gasteiger partial charge in [-0.15, -0.1) is 5.10 Å². The molecule has 0 amide bonds. The van der Waals surface area contributed by atoms with Gasteiger partial charge >= 0.3 is 0 Å². The van der Waals surface area contributed by atoms with E-state index < -0.39 is 0 Å². The van der Waals surface area contributed by atoms with Crippen LogP contribution in [0, 0.1) is 0 Å². The second-order valence-corrected chi connectivity index (χ2v) is 2.71. The van der Waals surface area contributed by atoms with E-state index in [1.54, 1.807) is 0 Å². The number of aromatic nitrogens is 3. The fourth-order valence-corrected chi connectivity index (χ4v) is 1.09. The first-order valence-electron chi connectivity index (χ1n) is 6.34. The van der Waals surface area contributed by atoms with Crippen molar-refractivity contribution < 1.29 is 0 Å². The minimum atomic E-state index is 0.942. The molecule has 1 aromatic rings. The molecular formula is C13H27N3. The summed E-state index contributed by atoms with van der Waals surface area (Å²) in [5.41, 5.74) is 2.20. The summed E-state index contributed by atoms with van der Waals surface area (Å²) in [6.45, 7) is 12.2. The van der Waals surface area contributed by atoms with Crippen molar-refractivity contribution in [3.05, 3.63) is 17.5 Å². The van der Waals surface area contributed by atoms with Gasteiger partial charge in [0.15, 0.2) is 0 Å². The van der Waals surface area contributed by atoms with Crippen molar-refractivity contribution in [3.63, 3.8) is 0 Å². The molecule has 1 aromatic heterocycles. The fraction of sp³-hybridized carbons (Fsp3) is 0.692. The van der Waals surface area contributed by atoms with Gasteiger partial charge in [-0.3, -0.25) is 0 Å². The highest BCUT2D eigenvalue weighted by atomic mass is 15.4. The van der Waals surface area contributed by atoms with Gasteiger partial charge in [0.1, 0.15) is 0 Å². The molecule has 0 aliphatic heterocycles. The van der Waals surface area contributed by atoms with Crippen LogP contribution < -0.4 is 0 Å². The lowest BCUT2D eigenvalue weighted by Gasteiger charge is -1.94. The monoisotopic (exact) mass is 225 g/mol. The van der Waals surface area contributed by atoms with E-state index in [0.29, 0.717) is 0 Å². The van der Waals surface area contributed by atoms with Crippen LogP contribution in [0.1, 0.15) is 59.4 Å². The topological polar surface area (TPSA) is 30.7 Å². The molecule has 0 spiro atoms. The van der Waals surface area contributed by atoms with Crippen molar-refractivity contribution in [1.82, 2.24) is 15.0 Å². The molecule has 0 aromatic carbocycles. The van der Waals surface area contributed by atoms with E-state index in [9.17, 15) is 0 Å². The van der Waals surface area contributed by atoms with Crippen LogP contribution in [0.15, 0.2) is 6.08 Å². The predicted octanol–water partition coefficient (Wildman–Crippen LogP) is 3.85. The zero-order chi connectivity index (χ0) is 13.0. The van der Waals surface area contributed by atoms with Crippen molar-refractivity contribution >= 4 is 6.08 Å². The maximum absolute atomic E-state index is 4.05. The van der Waals surface area contributed by atoms with E-state index in [1.165, 1.54) is 0 Å². The molecule has 0 bridgehead atoms. The fourth-order valence-electron chi connectivity index (χ4n) is 1.09. The number of nitrogens with zero attached hydrogens (tertiary/aromatic N) is 3. The van der Waals surface area contributed by atoms with E-state index in [-0.39, 0.29) is 0 Å². The van der Waals surface area contributed by atoms with E-state index in [1.807, 2.05) is 39.4 Å². The Kier molecular flexibility index (Phi) is 12.9. The third-order valence-corrected chi connectivity index (χ3v) is 1.79. The normalized spacial score (nSPS) is 9.19. The summed E-state index contributed by atoms with van der Waals surface area (Å²) in [4.78, 5) is 0. The summed E-state index contributed by atoms with van der Waals surface area (Å²) in [7, 11) is 1.92. The molecule has 0 saturated carbocycles. The zero-order valence-corrected chi connectivity index (χ0v) is 11.9. The Bertz CT molecular complexity index is 275. The molecule has 1 heterocycles. The lowest BCUT2D eigenvalue weighted by Crippen LogP contribution is -1.94. The Morgan fingerprint density at radius 1 is 1.12 bits per heavy atom. The van der Waals surface area contributed by atoms with Crippen LogP contribution in [-0.4, -0.2) is 15.0 Å².